The van der Waals surface area contributed by atoms with Crippen molar-refractivity contribution in [3.8, 4) is 0 Å². The highest BCUT2D eigenvalue weighted by molar-refractivity contribution is 5.77. The van der Waals surface area contributed by atoms with Gasteiger partial charge in [-0.3, -0.25) is 14.7 Å². The topological polar surface area (TPSA) is 65.5 Å². The maximum absolute atomic E-state index is 11.9. The second-order valence-electron chi connectivity index (χ2n) is 5.45. The number of aromatic nitrogens is 1. The van der Waals surface area contributed by atoms with Crippen LogP contribution in [0.1, 0.15) is 25.5 Å². The van der Waals surface area contributed by atoms with Gasteiger partial charge in [-0.15, -0.1) is 0 Å². The van der Waals surface area contributed by atoms with E-state index in [0.717, 1.165) is 31.6 Å². The molecule has 1 aliphatic heterocycles. The molecule has 0 saturated carbocycles. The molecular formula is C15H23N3O2. The Labute approximate surface area is 120 Å². The van der Waals surface area contributed by atoms with E-state index in [1.807, 2.05) is 25.1 Å². The maximum Gasteiger partial charge on any atom is 0.234 e. The summed E-state index contributed by atoms with van der Waals surface area (Å²) in [5.74, 6) is 0.411. The summed E-state index contributed by atoms with van der Waals surface area (Å²) in [7, 11) is 0. The van der Waals surface area contributed by atoms with Crippen LogP contribution in [-0.4, -0.2) is 46.6 Å². The normalized spacial score (nSPS) is 18.7. The van der Waals surface area contributed by atoms with E-state index < -0.39 is 0 Å². The lowest BCUT2D eigenvalue weighted by molar-refractivity contribution is -0.122. The van der Waals surface area contributed by atoms with Crippen molar-refractivity contribution in [2.45, 2.75) is 32.4 Å². The van der Waals surface area contributed by atoms with Gasteiger partial charge in [-0.1, -0.05) is 6.07 Å². The number of nitrogens with zero attached hydrogens (tertiary/aromatic N) is 2. The van der Waals surface area contributed by atoms with Gasteiger partial charge in [-0.05, 0) is 50.9 Å². The van der Waals surface area contributed by atoms with Crippen molar-refractivity contribution >= 4 is 5.91 Å². The van der Waals surface area contributed by atoms with Crippen LogP contribution >= 0.6 is 0 Å². The number of likely N-dealkylation sites (tertiary alicyclic amines) is 1. The van der Waals surface area contributed by atoms with E-state index in [0.29, 0.717) is 19.0 Å². The van der Waals surface area contributed by atoms with Crippen molar-refractivity contribution in [3.05, 3.63) is 30.1 Å². The number of aliphatic hydroxyl groups excluding tert-OH is 1. The Morgan fingerprint density at radius 3 is 2.85 bits per heavy atom. The number of carbonyl (C=O) groups is 1. The molecule has 5 heteroatoms. The second kappa shape index (κ2) is 7.36. The number of hydrogen-bond acceptors (Lipinski definition) is 4. The first-order valence-electron chi connectivity index (χ1n) is 7.22. The molecule has 5 nitrogen and oxygen atoms in total. The Hall–Kier alpha value is -1.46. The first-order valence-corrected chi connectivity index (χ1v) is 7.22. The van der Waals surface area contributed by atoms with Gasteiger partial charge in [0.25, 0.3) is 0 Å². The SMILES string of the molecule is CC(O)C1CCN(CC(=O)NCc2ccccn2)CC1. The lowest BCUT2D eigenvalue weighted by atomic mass is 9.92. The fraction of sp³-hybridized carbons (Fsp3) is 0.600. The molecule has 110 valence electrons. The number of pyridine rings is 1. The molecule has 1 amide bonds. The van der Waals surface area contributed by atoms with Gasteiger partial charge in [0.2, 0.25) is 5.91 Å². The molecular weight excluding hydrogens is 254 g/mol. The molecule has 1 aromatic heterocycles. The summed E-state index contributed by atoms with van der Waals surface area (Å²) < 4.78 is 0. The summed E-state index contributed by atoms with van der Waals surface area (Å²) in [5.41, 5.74) is 0.869. The first kappa shape index (κ1) is 14.9. The Balaban J connectivity index is 1.68. The van der Waals surface area contributed by atoms with Crippen molar-refractivity contribution < 1.29 is 9.90 Å². The molecule has 2 N–H and O–H groups in total. The minimum Gasteiger partial charge on any atom is -0.393 e. The molecule has 1 atom stereocenters. The zero-order chi connectivity index (χ0) is 14.4. The second-order valence-corrected chi connectivity index (χ2v) is 5.45. The number of piperidine rings is 1. The molecule has 2 heterocycles. The highest BCUT2D eigenvalue weighted by Gasteiger charge is 2.23. The van der Waals surface area contributed by atoms with Crippen molar-refractivity contribution in [1.82, 2.24) is 15.2 Å². The molecule has 0 bridgehead atoms. The van der Waals surface area contributed by atoms with Crippen molar-refractivity contribution in [1.29, 1.82) is 0 Å². The summed E-state index contributed by atoms with van der Waals surface area (Å²) in [6, 6.07) is 5.67. The molecule has 1 aliphatic rings. The zero-order valence-corrected chi connectivity index (χ0v) is 12.0. The average Bonchev–Trinajstić information content (AvgIpc) is 2.47. The van der Waals surface area contributed by atoms with Gasteiger partial charge in [0.1, 0.15) is 0 Å². The Morgan fingerprint density at radius 2 is 2.25 bits per heavy atom. The summed E-state index contributed by atoms with van der Waals surface area (Å²) in [4.78, 5) is 18.2. The summed E-state index contributed by atoms with van der Waals surface area (Å²) in [6.07, 6.45) is 3.41. The third kappa shape index (κ3) is 4.58. The number of aliphatic hydroxyl groups is 1. The molecule has 1 saturated heterocycles. The average molecular weight is 277 g/mol. The van der Waals surface area contributed by atoms with E-state index in [2.05, 4.69) is 15.2 Å². The zero-order valence-electron chi connectivity index (χ0n) is 12.0. The lowest BCUT2D eigenvalue weighted by Crippen LogP contribution is -2.42. The van der Waals surface area contributed by atoms with Crippen LogP contribution in [0.2, 0.25) is 0 Å². The number of rotatable bonds is 5. The van der Waals surface area contributed by atoms with Crippen LogP contribution in [0, 0.1) is 5.92 Å². The highest BCUT2D eigenvalue weighted by atomic mass is 16.3. The van der Waals surface area contributed by atoms with Gasteiger partial charge in [-0.2, -0.15) is 0 Å². The van der Waals surface area contributed by atoms with Crippen LogP contribution in [-0.2, 0) is 11.3 Å². The molecule has 0 aromatic carbocycles. The van der Waals surface area contributed by atoms with Gasteiger partial charge < -0.3 is 10.4 Å². The quantitative estimate of drug-likeness (QED) is 0.835. The Bertz CT molecular complexity index is 414. The molecule has 20 heavy (non-hydrogen) atoms. The molecule has 1 unspecified atom stereocenters. The molecule has 1 aromatic rings. The molecule has 2 rings (SSSR count). The van der Waals surface area contributed by atoms with Crippen LogP contribution < -0.4 is 5.32 Å². The summed E-state index contributed by atoms with van der Waals surface area (Å²) in [5, 5.41) is 12.4. The third-order valence-corrected chi connectivity index (χ3v) is 3.87. The van der Waals surface area contributed by atoms with Crippen LogP contribution in [0.4, 0.5) is 0 Å². The van der Waals surface area contributed by atoms with Crippen molar-refractivity contribution in [2.75, 3.05) is 19.6 Å². The van der Waals surface area contributed by atoms with Crippen LogP contribution in [0.3, 0.4) is 0 Å². The predicted octanol–water partition coefficient (Wildman–Crippen LogP) is 0.791. The highest BCUT2D eigenvalue weighted by Crippen LogP contribution is 2.19. The summed E-state index contributed by atoms with van der Waals surface area (Å²) in [6.45, 7) is 4.52. The fourth-order valence-electron chi connectivity index (χ4n) is 2.54. The Kier molecular flexibility index (Phi) is 5.49. The molecule has 0 aliphatic carbocycles. The molecule has 0 radical (unpaired) electrons. The standard InChI is InChI=1S/C15H23N3O2/c1-12(19)13-5-8-18(9-6-13)11-15(20)17-10-14-4-2-3-7-16-14/h2-4,7,12-13,19H,5-6,8-11H2,1H3,(H,17,20). The van der Waals surface area contributed by atoms with E-state index in [1.165, 1.54) is 0 Å². The molecule has 1 fully saturated rings. The van der Waals surface area contributed by atoms with Gasteiger partial charge in [0.15, 0.2) is 0 Å². The summed E-state index contributed by atoms with van der Waals surface area (Å²) >= 11 is 0. The lowest BCUT2D eigenvalue weighted by Gasteiger charge is -2.32. The van der Waals surface area contributed by atoms with Crippen molar-refractivity contribution in [2.24, 2.45) is 5.92 Å². The Morgan fingerprint density at radius 1 is 1.50 bits per heavy atom. The van der Waals surface area contributed by atoms with Crippen LogP contribution in [0.5, 0.6) is 0 Å². The number of hydrogen-bond donors (Lipinski definition) is 2. The monoisotopic (exact) mass is 277 g/mol. The third-order valence-electron chi connectivity index (χ3n) is 3.87. The van der Waals surface area contributed by atoms with Gasteiger partial charge in [-0.25, -0.2) is 0 Å². The van der Waals surface area contributed by atoms with E-state index in [9.17, 15) is 9.90 Å². The predicted molar refractivity (Wildman–Crippen MR) is 76.9 cm³/mol. The number of carbonyl (C=O) groups excluding carboxylic acids is 1. The van der Waals surface area contributed by atoms with Gasteiger partial charge >= 0.3 is 0 Å². The minimum absolute atomic E-state index is 0.0335. The van der Waals surface area contributed by atoms with E-state index >= 15 is 0 Å². The van der Waals surface area contributed by atoms with E-state index in [4.69, 9.17) is 0 Å². The fourth-order valence-corrected chi connectivity index (χ4v) is 2.54. The minimum atomic E-state index is -0.241. The maximum atomic E-state index is 11.9. The first-order chi connectivity index (χ1) is 9.65. The largest absolute Gasteiger partial charge is 0.393 e. The molecule has 0 spiro atoms. The smallest absolute Gasteiger partial charge is 0.234 e. The number of nitrogens with one attached hydrogen (secondary N) is 1. The van der Waals surface area contributed by atoms with Crippen LogP contribution in [0.15, 0.2) is 24.4 Å². The van der Waals surface area contributed by atoms with E-state index in [-0.39, 0.29) is 12.0 Å². The number of amides is 1. The van der Waals surface area contributed by atoms with E-state index in [1.54, 1.807) is 6.20 Å². The van der Waals surface area contributed by atoms with Crippen molar-refractivity contribution in [3.63, 3.8) is 0 Å². The van der Waals surface area contributed by atoms with Crippen LogP contribution in [0.25, 0.3) is 0 Å². The van der Waals surface area contributed by atoms with Gasteiger partial charge in [0.05, 0.1) is 24.9 Å². The van der Waals surface area contributed by atoms with Gasteiger partial charge in [0, 0.05) is 6.20 Å².